The van der Waals surface area contributed by atoms with Crippen LogP contribution in [0.2, 0.25) is 0 Å². The Morgan fingerprint density at radius 3 is 2.00 bits per heavy atom. The maximum absolute atomic E-state index is 10.2. The standard InChI is InChI=1S/C24H34N6O2/c1-32-20-6-7-21(31)19(16-20)18-27-12-14-29(15-13-27)23-17-22(28-8-2-3-9-28)25-24(26-23)30-10-4-5-11-30/h6-7,16-17,31H,2-5,8-15,18H2,1H3. The number of phenolic OH excluding ortho intramolecular Hbond substituents is 1. The molecule has 4 heterocycles. The van der Waals surface area contributed by atoms with E-state index in [4.69, 9.17) is 14.7 Å². The summed E-state index contributed by atoms with van der Waals surface area (Å²) in [6.45, 7) is 8.71. The van der Waals surface area contributed by atoms with Crippen molar-refractivity contribution in [2.45, 2.75) is 32.2 Å². The number of hydrogen-bond acceptors (Lipinski definition) is 8. The first-order valence-electron chi connectivity index (χ1n) is 11.9. The highest BCUT2D eigenvalue weighted by Crippen LogP contribution is 2.29. The number of methoxy groups -OCH3 is 1. The Morgan fingerprint density at radius 1 is 0.781 bits per heavy atom. The van der Waals surface area contributed by atoms with Crippen molar-refractivity contribution in [1.29, 1.82) is 0 Å². The molecule has 3 fully saturated rings. The Hall–Kier alpha value is -2.74. The monoisotopic (exact) mass is 438 g/mol. The first-order chi connectivity index (χ1) is 15.7. The Kier molecular flexibility index (Phi) is 6.21. The van der Waals surface area contributed by atoms with E-state index >= 15 is 0 Å². The molecule has 1 aromatic heterocycles. The first-order valence-corrected chi connectivity index (χ1v) is 11.9. The highest BCUT2D eigenvalue weighted by Gasteiger charge is 2.24. The molecule has 172 valence electrons. The van der Waals surface area contributed by atoms with E-state index in [9.17, 15) is 5.11 Å². The summed E-state index contributed by atoms with van der Waals surface area (Å²) in [5, 5.41) is 10.2. The van der Waals surface area contributed by atoms with Gasteiger partial charge in [-0.25, -0.2) is 0 Å². The van der Waals surface area contributed by atoms with Crippen molar-refractivity contribution in [3.63, 3.8) is 0 Å². The number of rotatable bonds is 6. The molecule has 8 heteroatoms. The molecule has 0 unspecified atom stereocenters. The lowest BCUT2D eigenvalue weighted by Gasteiger charge is -2.36. The van der Waals surface area contributed by atoms with Gasteiger partial charge in [0.1, 0.15) is 23.1 Å². The van der Waals surface area contributed by atoms with E-state index in [2.05, 4.69) is 25.7 Å². The Bertz CT molecular complexity index is 884. The maximum atomic E-state index is 10.2. The molecule has 0 atom stereocenters. The van der Waals surface area contributed by atoms with E-state index in [1.165, 1.54) is 25.7 Å². The van der Waals surface area contributed by atoms with Crippen LogP contribution < -0.4 is 19.4 Å². The van der Waals surface area contributed by atoms with Gasteiger partial charge < -0.3 is 24.5 Å². The molecule has 1 N–H and O–H groups in total. The molecular weight excluding hydrogens is 404 g/mol. The third kappa shape index (κ3) is 4.55. The van der Waals surface area contributed by atoms with Crippen molar-refractivity contribution in [3.05, 3.63) is 29.8 Å². The van der Waals surface area contributed by atoms with Gasteiger partial charge in [-0.05, 0) is 43.9 Å². The van der Waals surface area contributed by atoms with Crippen LogP contribution in [0.4, 0.5) is 17.6 Å². The third-order valence-electron chi connectivity index (χ3n) is 6.88. The minimum absolute atomic E-state index is 0.328. The normalized spacial score (nSPS) is 19.7. The van der Waals surface area contributed by atoms with Crippen molar-refractivity contribution in [3.8, 4) is 11.5 Å². The molecule has 3 aliphatic heterocycles. The zero-order valence-corrected chi connectivity index (χ0v) is 19.0. The van der Waals surface area contributed by atoms with Crippen LogP contribution >= 0.6 is 0 Å². The molecule has 3 saturated heterocycles. The quantitative estimate of drug-likeness (QED) is 0.739. The number of ether oxygens (including phenoxy) is 1. The van der Waals surface area contributed by atoms with E-state index in [1.807, 2.05) is 6.07 Å². The lowest BCUT2D eigenvalue weighted by Crippen LogP contribution is -2.46. The molecule has 0 bridgehead atoms. The first kappa shape index (κ1) is 21.1. The van der Waals surface area contributed by atoms with Crippen molar-refractivity contribution < 1.29 is 9.84 Å². The number of hydrogen-bond donors (Lipinski definition) is 1. The van der Waals surface area contributed by atoms with Crippen molar-refractivity contribution in [2.75, 3.05) is 74.2 Å². The second kappa shape index (κ2) is 9.40. The van der Waals surface area contributed by atoms with Gasteiger partial charge in [0, 0.05) is 70.5 Å². The molecule has 0 radical (unpaired) electrons. The van der Waals surface area contributed by atoms with Gasteiger partial charge >= 0.3 is 0 Å². The minimum atomic E-state index is 0.328. The molecule has 1 aromatic carbocycles. The van der Waals surface area contributed by atoms with E-state index in [1.54, 1.807) is 19.2 Å². The SMILES string of the molecule is COc1ccc(O)c(CN2CCN(c3cc(N4CCCC4)nc(N4CCCC4)n3)CC2)c1. The van der Waals surface area contributed by atoms with Crippen LogP contribution in [0.5, 0.6) is 11.5 Å². The number of aromatic nitrogens is 2. The third-order valence-corrected chi connectivity index (χ3v) is 6.88. The van der Waals surface area contributed by atoms with E-state index < -0.39 is 0 Å². The lowest BCUT2D eigenvalue weighted by atomic mass is 10.1. The largest absolute Gasteiger partial charge is 0.508 e. The number of piperazine rings is 1. The summed E-state index contributed by atoms with van der Waals surface area (Å²) >= 11 is 0. The average molecular weight is 439 g/mol. The van der Waals surface area contributed by atoms with Gasteiger partial charge in [-0.15, -0.1) is 0 Å². The van der Waals surface area contributed by atoms with Gasteiger partial charge in [0.25, 0.3) is 0 Å². The van der Waals surface area contributed by atoms with Gasteiger partial charge in [0.05, 0.1) is 7.11 Å². The minimum Gasteiger partial charge on any atom is -0.508 e. The molecule has 0 spiro atoms. The molecule has 8 nitrogen and oxygen atoms in total. The summed E-state index contributed by atoms with van der Waals surface area (Å²) in [5.74, 6) is 4.13. The zero-order chi connectivity index (χ0) is 21.9. The van der Waals surface area contributed by atoms with Crippen LogP contribution in [-0.4, -0.2) is 79.4 Å². The maximum Gasteiger partial charge on any atom is 0.229 e. The molecule has 0 aliphatic carbocycles. The zero-order valence-electron chi connectivity index (χ0n) is 19.0. The van der Waals surface area contributed by atoms with Gasteiger partial charge in [-0.1, -0.05) is 0 Å². The molecule has 5 rings (SSSR count). The number of aromatic hydroxyl groups is 1. The molecule has 32 heavy (non-hydrogen) atoms. The van der Waals surface area contributed by atoms with Crippen LogP contribution in [0.25, 0.3) is 0 Å². The average Bonchev–Trinajstić information content (AvgIpc) is 3.55. The van der Waals surface area contributed by atoms with Crippen molar-refractivity contribution in [1.82, 2.24) is 14.9 Å². The van der Waals surface area contributed by atoms with Crippen LogP contribution in [0.3, 0.4) is 0 Å². The molecule has 0 amide bonds. The number of phenols is 1. The summed E-state index contributed by atoms with van der Waals surface area (Å²) < 4.78 is 5.32. The van der Waals surface area contributed by atoms with Gasteiger partial charge in [-0.3, -0.25) is 4.90 Å². The Balaban J connectivity index is 1.29. The van der Waals surface area contributed by atoms with E-state index in [0.29, 0.717) is 5.75 Å². The molecule has 3 aliphatic rings. The second-order valence-electron chi connectivity index (χ2n) is 9.03. The van der Waals surface area contributed by atoms with Gasteiger partial charge in [-0.2, -0.15) is 9.97 Å². The number of benzene rings is 1. The Labute approximate surface area is 190 Å². The van der Waals surface area contributed by atoms with Crippen molar-refractivity contribution in [2.24, 2.45) is 0 Å². The van der Waals surface area contributed by atoms with E-state index in [0.717, 1.165) is 87.8 Å². The molecule has 0 saturated carbocycles. The summed E-state index contributed by atoms with van der Waals surface area (Å²) in [4.78, 5) is 19.5. The van der Waals surface area contributed by atoms with Gasteiger partial charge in [0.2, 0.25) is 5.95 Å². The fourth-order valence-corrected chi connectivity index (χ4v) is 4.93. The summed E-state index contributed by atoms with van der Waals surface area (Å²) in [5.41, 5.74) is 0.910. The summed E-state index contributed by atoms with van der Waals surface area (Å²) in [6.07, 6.45) is 4.94. The number of nitrogens with zero attached hydrogens (tertiary/aromatic N) is 6. The topological polar surface area (TPSA) is 68.2 Å². The van der Waals surface area contributed by atoms with E-state index in [-0.39, 0.29) is 0 Å². The smallest absolute Gasteiger partial charge is 0.229 e. The predicted octanol–water partition coefficient (Wildman–Crippen LogP) is 2.71. The number of anilines is 3. The molecule has 2 aromatic rings. The van der Waals surface area contributed by atoms with Crippen LogP contribution in [0, 0.1) is 0 Å². The van der Waals surface area contributed by atoms with Gasteiger partial charge in [0.15, 0.2) is 0 Å². The fourth-order valence-electron chi connectivity index (χ4n) is 4.93. The lowest BCUT2D eigenvalue weighted by molar-refractivity contribution is 0.246. The predicted molar refractivity (Wildman–Crippen MR) is 127 cm³/mol. The summed E-state index contributed by atoms with van der Waals surface area (Å²) in [7, 11) is 1.66. The summed E-state index contributed by atoms with van der Waals surface area (Å²) in [6, 6.07) is 7.62. The fraction of sp³-hybridized carbons (Fsp3) is 0.583. The molecular formula is C24H34N6O2. The Morgan fingerprint density at radius 2 is 1.38 bits per heavy atom. The van der Waals surface area contributed by atoms with Crippen LogP contribution in [0.1, 0.15) is 31.2 Å². The second-order valence-corrected chi connectivity index (χ2v) is 9.03. The van der Waals surface area contributed by atoms with Crippen molar-refractivity contribution >= 4 is 17.6 Å². The highest BCUT2D eigenvalue weighted by atomic mass is 16.5. The van der Waals surface area contributed by atoms with Crippen LogP contribution in [-0.2, 0) is 6.54 Å². The van der Waals surface area contributed by atoms with Crippen LogP contribution in [0.15, 0.2) is 24.3 Å². The highest BCUT2D eigenvalue weighted by molar-refractivity contribution is 5.56.